The molecule has 1 aromatic heterocycles. The predicted octanol–water partition coefficient (Wildman–Crippen LogP) is 3.85. The van der Waals surface area contributed by atoms with Gasteiger partial charge in [-0.3, -0.25) is 4.79 Å². The van der Waals surface area contributed by atoms with Crippen LogP contribution in [0.3, 0.4) is 0 Å². The lowest BCUT2D eigenvalue weighted by atomic mass is 10.1. The zero-order valence-corrected chi connectivity index (χ0v) is 17.1. The van der Waals surface area contributed by atoms with E-state index in [2.05, 4.69) is 20.1 Å². The van der Waals surface area contributed by atoms with Gasteiger partial charge in [0.2, 0.25) is 0 Å². The number of anilines is 2. The zero-order chi connectivity index (χ0) is 20.2. The first kappa shape index (κ1) is 19.4. The van der Waals surface area contributed by atoms with Gasteiger partial charge in [0, 0.05) is 43.8 Å². The maximum Gasteiger partial charge on any atom is 0.271 e. The van der Waals surface area contributed by atoms with Crippen molar-refractivity contribution in [2.75, 3.05) is 36.0 Å². The number of benzene rings is 2. The highest BCUT2D eigenvalue weighted by atomic mass is 32.1. The van der Waals surface area contributed by atoms with Crippen LogP contribution in [-0.2, 0) is 6.54 Å². The van der Waals surface area contributed by atoms with E-state index in [-0.39, 0.29) is 11.7 Å². The monoisotopic (exact) mass is 410 g/mol. The molecule has 29 heavy (non-hydrogen) atoms. The number of rotatable bonds is 5. The van der Waals surface area contributed by atoms with Crippen LogP contribution >= 0.6 is 11.3 Å². The van der Waals surface area contributed by atoms with E-state index in [4.69, 9.17) is 0 Å². The first-order chi connectivity index (χ1) is 14.1. The van der Waals surface area contributed by atoms with E-state index in [0.717, 1.165) is 48.1 Å². The summed E-state index contributed by atoms with van der Waals surface area (Å²) in [5.74, 6) is -0.371. The van der Waals surface area contributed by atoms with Gasteiger partial charge in [-0.25, -0.2) is 9.37 Å². The molecule has 1 aliphatic rings. The van der Waals surface area contributed by atoms with Crippen molar-refractivity contribution >= 4 is 28.1 Å². The minimum absolute atomic E-state index is 0.152. The Labute approximate surface area is 173 Å². The quantitative estimate of drug-likeness (QED) is 0.694. The summed E-state index contributed by atoms with van der Waals surface area (Å²) in [4.78, 5) is 21.4. The number of carbonyl (C=O) groups is 1. The number of nitrogens with one attached hydrogen (secondary N) is 1. The number of thiazole rings is 1. The SMILES string of the molecule is Cc1ccccc1CNC(=O)c1csc(N2CCN(c3ccc(F)cc3)CC2)n1. The van der Waals surface area contributed by atoms with Crippen molar-refractivity contribution in [2.45, 2.75) is 13.5 Å². The third-order valence-corrected chi connectivity index (χ3v) is 6.07. The molecule has 0 unspecified atom stereocenters. The highest BCUT2D eigenvalue weighted by Gasteiger charge is 2.21. The molecule has 0 aliphatic carbocycles. The second-order valence-electron chi connectivity index (χ2n) is 7.07. The van der Waals surface area contributed by atoms with Crippen molar-refractivity contribution in [3.05, 3.63) is 76.5 Å². The largest absolute Gasteiger partial charge is 0.368 e. The molecule has 2 heterocycles. The zero-order valence-electron chi connectivity index (χ0n) is 16.3. The van der Waals surface area contributed by atoms with E-state index in [0.29, 0.717) is 12.2 Å². The number of hydrogen-bond acceptors (Lipinski definition) is 5. The van der Waals surface area contributed by atoms with Gasteiger partial charge in [-0.05, 0) is 42.3 Å². The minimum Gasteiger partial charge on any atom is -0.368 e. The van der Waals surface area contributed by atoms with Crippen LogP contribution in [0.4, 0.5) is 15.2 Å². The Morgan fingerprint density at radius 1 is 1.07 bits per heavy atom. The van der Waals surface area contributed by atoms with E-state index in [1.54, 1.807) is 0 Å². The van der Waals surface area contributed by atoms with Crippen LogP contribution in [0.2, 0.25) is 0 Å². The van der Waals surface area contributed by atoms with Crippen molar-refractivity contribution in [3.63, 3.8) is 0 Å². The maximum absolute atomic E-state index is 13.1. The number of piperazine rings is 1. The van der Waals surface area contributed by atoms with Gasteiger partial charge in [0.05, 0.1) is 0 Å². The summed E-state index contributed by atoms with van der Waals surface area (Å²) in [6.07, 6.45) is 0. The van der Waals surface area contributed by atoms with Gasteiger partial charge in [-0.1, -0.05) is 24.3 Å². The van der Waals surface area contributed by atoms with E-state index in [1.165, 1.54) is 23.5 Å². The first-order valence-corrected chi connectivity index (χ1v) is 10.5. The Morgan fingerprint density at radius 2 is 1.76 bits per heavy atom. The fraction of sp³-hybridized carbons (Fsp3) is 0.273. The van der Waals surface area contributed by atoms with Crippen molar-refractivity contribution in [2.24, 2.45) is 0 Å². The number of hydrogen-bond donors (Lipinski definition) is 1. The lowest BCUT2D eigenvalue weighted by Crippen LogP contribution is -2.46. The molecule has 1 fully saturated rings. The molecule has 3 aromatic rings. The van der Waals surface area contributed by atoms with Crippen molar-refractivity contribution in [3.8, 4) is 0 Å². The van der Waals surface area contributed by atoms with Gasteiger partial charge in [0.15, 0.2) is 5.13 Å². The van der Waals surface area contributed by atoms with E-state index < -0.39 is 0 Å². The van der Waals surface area contributed by atoms with Gasteiger partial charge in [-0.15, -0.1) is 11.3 Å². The van der Waals surface area contributed by atoms with Gasteiger partial charge in [0.25, 0.3) is 5.91 Å². The van der Waals surface area contributed by atoms with E-state index in [9.17, 15) is 9.18 Å². The molecular weight excluding hydrogens is 387 g/mol. The average molecular weight is 411 g/mol. The fourth-order valence-corrected chi connectivity index (χ4v) is 4.26. The topological polar surface area (TPSA) is 48.5 Å². The van der Waals surface area contributed by atoms with Gasteiger partial charge in [-0.2, -0.15) is 0 Å². The van der Waals surface area contributed by atoms with Gasteiger partial charge in [0.1, 0.15) is 11.5 Å². The normalized spacial score (nSPS) is 14.1. The highest BCUT2D eigenvalue weighted by Crippen LogP contribution is 2.24. The Morgan fingerprint density at radius 3 is 2.48 bits per heavy atom. The molecule has 0 saturated carbocycles. The van der Waals surface area contributed by atoms with Crippen molar-refractivity contribution < 1.29 is 9.18 Å². The molecule has 7 heteroatoms. The molecule has 1 amide bonds. The molecule has 0 bridgehead atoms. The Balaban J connectivity index is 1.32. The average Bonchev–Trinajstić information content (AvgIpc) is 3.24. The second kappa shape index (κ2) is 8.61. The predicted molar refractivity (Wildman–Crippen MR) is 115 cm³/mol. The van der Waals surface area contributed by atoms with Crippen molar-refractivity contribution in [1.82, 2.24) is 10.3 Å². The third kappa shape index (κ3) is 4.56. The second-order valence-corrected chi connectivity index (χ2v) is 7.91. The molecule has 0 radical (unpaired) electrons. The number of aryl methyl sites for hydroxylation is 1. The number of aromatic nitrogens is 1. The van der Waals surface area contributed by atoms with Crippen LogP contribution in [0.25, 0.3) is 0 Å². The lowest BCUT2D eigenvalue weighted by Gasteiger charge is -2.36. The number of carbonyl (C=O) groups excluding carboxylic acids is 1. The molecule has 4 rings (SSSR count). The minimum atomic E-state index is -0.219. The summed E-state index contributed by atoms with van der Waals surface area (Å²) in [5, 5.41) is 5.63. The molecule has 0 spiro atoms. The molecule has 150 valence electrons. The molecule has 1 N–H and O–H groups in total. The van der Waals surface area contributed by atoms with Crippen LogP contribution in [0, 0.1) is 12.7 Å². The number of halogens is 1. The number of nitrogens with zero attached hydrogens (tertiary/aromatic N) is 3. The first-order valence-electron chi connectivity index (χ1n) is 9.64. The molecule has 5 nitrogen and oxygen atoms in total. The highest BCUT2D eigenvalue weighted by molar-refractivity contribution is 7.13. The Bertz CT molecular complexity index is 980. The summed E-state index contributed by atoms with van der Waals surface area (Å²) in [7, 11) is 0. The van der Waals surface area contributed by atoms with Gasteiger partial charge >= 0.3 is 0 Å². The van der Waals surface area contributed by atoms with E-state index >= 15 is 0 Å². The smallest absolute Gasteiger partial charge is 0.271 e. The maximum atomic E-state index is 13.1. The van der Waals surface area contributed by atoms with Crippen LogP contribution in [0.5, 0.6) is 0 Å². The van der Waals surface area contributed by atoms with Crippen LogP contribution in [-0.4, -0.2) is 37.1 Å². The summed E-state index contributed by atoms with van der Waals surface area (Å²) >= 11 is 1.49. The van der Waals surface area contributed by atoms with Gasteiger partial charge < -0.3 is 15.1 Å². The molecule has 0 atom stereocenters. The van der Waals surface area contributed by atoms with Crippen molar-refractivity contribution in [1.29, 1.82) is 0 Å². The lowest BCUT2D eigenvalue weighted by molar-refractivity contribution is 0.0946. The Kier molecular flexibility index (Phi) is 5.76. The number of amides is 1. The summed E-state index contributed by atoms with van der Waals surface area (Å²) < 4.78 is 13.1. The molecule has 1 saturated heterocycles. The van der Waals surface area contributed by atoms with Crippen LogP contribution in [0.1, 0.15) is 21.6 Å². The molecule has 1 aliphatic heterocycles. The molecule has 2 aromatic carbocycles. The summed E-state index contributed by atoms with van der Waals surface area (Å²) in [5.41, 5.74) is 3.75. The summed E-state index contributed by atoms with van der Waals surface area (Å²) in [6.45, 7) is 5.83. The summed E-state index contributed by atoms with van der Waals surface area (Å²) in [6, 6.07) is 14.6. The fourth-order valence-electron chi connectivity index (χ4n) is 3.40. The Hall–Kier alpha value is -2.93. The van der Waals surface area contributed by atoms with Crippen LogP contribution < -0.4 is 15.1 Å². The standard InChI is InChI=1S/C22H23FN4OS/c1-16-4-2-3-5-17(16)14-24-21(28)20-15-29-22(25-20)27-12-10-26(11-13-27)19-8-6-18(23)7-9-19/h2-9,15H,10-14H2,1H3,(H,24,28). The van der Waals surface area contributed by atoms with Crippen LogP contribution in [0.15, 0.2) is 53.9 Å². The molecular formula is C22H23FN4OS. The third-order valence-electron chi connectivity index (χ3n) is 5.17. The van der Waals surface area contributed by atoms with E-state index in [1.807, 2.05) is 48.7 Å².